The Bertz CT molecular complexity index is 349. The highest BCUT2D eigenvalue weighted by molar-refractivity contribution is 5.15. The number of ether oxygens (including phenoxy) is 1. The molecule has 0 aliphatic heterocycles. The van der Waals surface area contributed by atoms with Crippen molar-refractivity contribution in [2.75, 3.05) is 14.2 Å². The monoisotopic (exact) mass is 264 g/mol. The van der Waals surface area contributed by atoms with Gasteiger partial charge in [0.05, 0.1) is 5.60 Å². The zero-order valence-electron chi connectivity index (χ0n) is 13.0. The summed E-state index contributed by atoms with van der Waals surface area (Å²) in [5.41, 5.74) is 2.30. The minimum Gasteiger partial charge on any atom is -0.377 e. The summed E-state index contributed by atoms with van der Waals surface area (Å²) in [5, 5.41) is 3.41. The van der Waals surface area contributed by atoms with Crippen LogP contribution in [0.15, 0.2) is 18.3 Å². The Morgan fingerprint density at radius 2 is 1.95 bits per heavy atom. The SMILES string of the molecule is CCc1ccc(CC(NC)C(CC)(CC)OC)nc1. The lowest BCUT2D eigenvalue weighted by Crippen LogP contribution is -2.51. The van der Waals surface area contributed by atoms with Crippen LogP contribution in [0.2, 0.25) is 0 Å². The summed E-state index contributed by atoms with van der Waals surface area (Å²) in [6.45, 7) is 6.52. The molecule has 0 saturated heterocycles. The van der Waals surface area contributed by atoms with Gasteiger partial charge < -0.3 is 10.1 Å². The summed E-state index contributed by atoms with van der Waals surface area (Å²) >= 11 is 0. The third kappa shape index (κ3) is 3.77. The maximum Gasteiger partial charge on any atom is 0.0829 e. The average molecular weight is 264 g/mol. The topological polar surface area (TPSA) is 34.1 Å². The Morgan fingerprint density at radius 1 is 1.26 bits per heavy atom. The van der Waals surface area contributed by atoms with E-state index in [4.69, 9.17) is 4.74 Å². The lowest BCUT2D eigenvalue weighted by atomic mass is 9.85. The van der Waals surface area contributed by atoms with Crippen LogP contribution in [0.25, 0.3) is 0 Å². The van der Waals surface area contributed by atoms with Crippen molar-refractivity contribution < 1.29 is 4.74 Å². The summed E-state index contributed by atoms with van der Waals surface area (Å²) in [6, 6.07) is 4.59. The number of rotatable bonds is 8. The Balaban J connectivity index is 2.85. The fourth-order valence-corrected chi connectivity index (χ4v) is 2.72. The van der Waals surface area contributed by atoms with E-state index < -0.39 is 0 Å². The highest BCUT2D eigenvalue weighted by Crippen LogP contribution is 2.26. The van der Waals surface area contributed by atoms with Gasteiger partial charge in [0.15, 0.2) is 0 Å². The third-order valence-corrected chi connectivity index (χ3v) is 4.29. The minimum atomic E-state index is -0.111. The van der Waals surface area contributed by atoms with Gasteiger partial charge in [0, 0.05) is 31.5 Å². The Kier molecular flexibility index (Phi) is 6.46. The van der Waals surface area contributed by atoms with Crippen molar-refractivity contribution in [3.8, 4) is 0 Å². The second kappa shape index (κ2) is 7.61. The van der Waals surface area contributed by atoms with E-state index in [1.807, 2.05) is 20.4 Å². The zero-order valence-corrected chi connectivity index (χ0v) is 13.0. The van der Waals surface area contributed by atoms with E-state index in [0.717, 1.165) is 31.4 Å². The molecule has 1 rings (SSSR count). The molecular weight excluding hydrogens is 236 g/mol. The number of likely N-dealkylation sites (N-methyl/N-ethyl adjacent to an activating group) is 1. The van der Waals surface area contributed by atoms with Crippen LogP contribution >= 0.6 is 0 Å². The van der Waals surface area contributed by atoms with E-state index >= 15 is 0 Å². The van der Waals surface area contributed by atoms with Crippen molar-refractivity contribution in [2.24, 2.45) is 0 Å². The highest BCUT2D eigenvalue weighted by atomic mass is 16.5. The van der Waals surface area contributed by atoms with Crippen LogP contribution in [0.3, 0.4) is 0 Å². The molecule has 0 aromatic carbocycles. The van der Waals surface area contributed by atoms with Gasteiger partial charge in [0.25, 0.3) is 0 Å². The lowest BCUT2D eigenvalue weighted by molar-refractivity contribution is -0.0456. The molecule has 0 aliphatic carbocycles. The van der Waals surface area contributed by atoms with Crippen molar-refractivity contribution in [3.05, 3.63) is 29.6 Å². The van der Waals surface area contributed by atoms with E-state index in [1.165, 1.54) is 5.56 Å². The standard InChI is InChI=1S/C16H28N2O/c1-6-13-9-10-14(18-12-13)11-15(17-4)16(7-2,8-3)19-5/h9-10,12,15,17H,6-8,11H2,1-5H3. The maximum atomic E-state index is 5.82. The number of hydrogen-bond acceptors (Lipinski definition) is 3. The first-order chi connectivity index (χ1) is 9.15. The van der Waals surface area contributed by atoms with Gasteiger partial charge in [-0.2, -0.15) is 0 Å². The molecule has 19 heavy (non-hydrogen) atoms. The van der Waals surface area contributed by atoms with Gasteiger partial charge >= 0.3 is 0 Å². The molecular formula is C16H28N2O. The first-order valence-corrected chi connectivity index (χ1v) is 7.31. The molecule has 0 saturated carbocycles. The highest BCUT2D eigenvalue weighted by Gasteiger charge is 2.34. The first kappa shape index (κ1) is 16.1. The van der Waals surface area contributed by atoms with Gasteiger partial charge in [-0.3, -0.25) is 4.98 Å². The van der Waals surface area contributed by atoms with Crippen LogP contribution in [0.1, 0.15) is 44.9 Å². The van der Waals surface area contributed by atoms with E-state index in [0.29, 0.717) is 0 Å². The first-order valence-electron chi connectivity index (χ1n) is 7.31. The second-order valence-corrected chi connectivity index (χ2v) is 5.03. The molecule has 1 unspecified atom stereocenters. The van der Waals surface area contributed by atoms with Gasteiger partial charge in [0.1, 0.15) is 0 Å². The summed E-state index contributed by atoms with van der Waals surface area (Å²) < 4.78 is 5.82. The predicted molar refractivity (Wildman–Crippen MR) is 80.5 cm³/mol. The van der Waals surface area contributed by atoms with Crippen molar-refractivity contribution in [1.29, 1.82) is 0 Å². The lowest BCUT2D eigenvalue weighted by Gasteiger charge is -2.38. The van der Waals surface area contributed by atoms with E-state index in [9.17, 15) is 0 Å². The second-order valence-electron chi connectivity index (χ2n) is 5.03. The van der Waals surface area contributed by atoms with Crippen molar-refractivity contribution in [2.45, 2.75) is 58.1 Å². The number of aryl methyl sites for hydroxylation is 1. The molecule has 3 heteroatoms. The molecule has 0 radical (unpaired) electrons. The molecule has 3 nitrogen and oxygen atoms in total. The van der Waals surface area contributed by atoms with Crippen LogP contribution < -0.4 is 5.32 Å². The molecule has 1 atom stereocenters. The Labute approximate surface area is 117 Å². The number of nitrogens with zero attached hydrogens (tertiary/aromatic N) is 1. The largest absolute Gasteiger partial charge is 0.377 e. The number of hydrogen-bond donors (Lipinski definition) is 1. The summed E-state index contributed by atoms with van der Waals surface area (Å²) in [5.74, 6) is 0. The zero-order chi connectivity index (χ0) is 14.3. The van der Waals surface area contributed by atoms with Gasteiger partial charge in [-0.25, -0.2) is 0 Å². The maximum absolute atomic E-state index is 5.82. The number of methoxy groups -OCH3 is 1. The normalized spacial score (nSPS) is 13.5. The molecule has 0 spiro atoms. The molecule has 0 fully saturated rings. The van der Waals surface area contributed by atoms with Gasteiger partial charge in [0.2, 0.25) is 0 Å². The predicted octanol–water partition coefficient (Wildman–Crippen LogP) is 2.98. The fraction of sp³-hybridized carbons (Fsp3) is 0.688. The summed E-state index contributed by atoms with van der Waals surface area (Å²) in [7, 11) is 3.81. The fourth-order valence-electron chi connectivity index (χ4n) is 2.72. The molecule has 1 N–H and O–H groups in total. The Hall–Kier alpha value is -0.930. The third-order valence-electron chi connectivity index (χ3n) is 4.29. The molecule has 1 heterocycles. The van der Waals surface area contributed by atoms with Crippen LogP contribution in [-0.4, -0.2) is 30.8 Å². The Morgan fingerprint density at radius 3 is 2.32 bits per heavy atom. The van der Waals surface area contributed by atoms with E-state index in [1.54, 1.807) is 0 Å². The summed E-state index contributed by atoms with van der Waals surface area (Å²) in [4.78, 5) is 4.56. The van der Waals surface area contributed by atoms with Crippen LogP contribution in [0.4, 0.5) is 0 Å². The van der Waals surface area contributed by atoms with Gasteiger partial charge in [-0.15, -0.1) is 0 Å². The molecule has 0 aliphatic rings. The average Bonchev–Trinajstić information content (AvgIpc) is 2.49. The quantitative estimate of drug-likeness (QED) is 0.784. The van der Waals surface area contributed by atoms with Crippen molar-refractivity contribution in [1.82, 2.24) is 10.3 Å². The van der Waals surface area contributed by atoms with E-state index in [-0.39, 0.29) is 11.6 Å². The number of pyridine rings is 1. The van der Waals surface area contributed by atoms with Gasteiger partial charge in [-0.05, 0) is 37.9 Å². The molecule has 0 amide bonds. The van der Waals surface area contributed by atoms with Crippen LogP contribution in [0.5, 0.6) is 0 Å². The van der Waals surface area contributed by atoms with E-state index in [2.05, 4.69) is 43.2 Å². The molecule has 1 aromatic heterocycles. The minimum absolute atomic E-state index is 0.111. The molecule has 1 aromatic rings. The smallest absolute Gasteiger partial charge is 0.0829 e. The number of aromatic nitrogens is 1. The molecule has 108 valence electrons. The van der Waals surface area contributed by atoms with Crippen molar-refractivity contribution >= 4 is 0 Å². The number of nitrogens with one attached hydrogen (secondary N) is 1. The van der Waals surface area contributed by atoms with Crippen LogP contribution in [-0.2, 0) is 17.6 Å². The summed E-state index contributed by atoms with van der Waals surface area (Å²) in [6.07, 6.45) is 5.91. The molecule has 0 bridgehead atoms. The van der Waals surface area contributed by atoms with Crippen molar-refractivity contribution in [3.63, 3.8) is 0 Å². The van der Waals surface area contributed by atoms with Crippen LogP contribution in [0, 0.1) is 0 Å². The van der Waals surface area contributed by atoms with Gasteiger partial charge in [-0.1, -0.05) is 26.8 Å².